The normalized spacial score (nSPS) is 10.5. The van der Waals surface area contributed by atoms with Crippen LogP contribution in [0.4, 0.5) is 0 Å². The van der Waals surface area contributed by atoms with Crippen molar-refractivity contribution in [2.45, 2.75) is 19.9 Å². The van der Waals surface area contributed by atoms with E-state index in [1.807, 2.05) is 38.1 Å². The van der Waals surface area contributed by atoms with Crippen LogP contribution in [0, 0.1) is 0 Å². The predicted molar refractivity (Wildman–Crippen MR) is 76.7 cm³/mol. The molecule has 100 valence electrons. The average molecular weight is 276 g/mol. The average Bonchev–Trinajstić information content (AvgIpc) is 2.87. The molecule has 0 unspecified atom stereocenters. The molecule has 0 bridgehead atoms. The van der Waals surface area contributed by atoms with Crippen LogP contribution in [-0.4, -0.2) is 24.0 Å². The Morgan fingerprint density at radius 1 is 1.37 bits per heavy atom. The van der Waals surface area contributed by atoms with Gasteiger partial charge in [0.05, 0.1) is 12.7 Å². The first-order chi connectivity index (χ1) is 9.11. The molecule has 1 amide bonds. The van der Waals surface area contributed by atoms with Crippen molar-refractivity contribution < 1.29 is 9.53 Å². The predicted octanol–water partition coefficient (Wildman–Crippen LogP) is 2.96. The lowest BCUT2D eigenvalue weighted by atomic mass is 10.2. The molecule has 1 aromatic carbocycles. The minimum absolute atomic E-state index is 0.101. The number of hydrogen-bond acceptors (Lipinski definition) is 4. The third kappa shape index (κ3) is 3.12. The van der Waals surface area contributed by atoms with Crippen molar-refractivity contribution in [3.63, 3.8) is 0 Å². The van der Waals surface area contributed by atoms with Crippen molar-refractivity contribution >= 4 is 17.2 Å². The lowest BCUT2D eigenvalue weighted by Gasteiger charge is -2.06. The number of para-hydroxylation sites is 1. The van der Waals surface area contributed by atoms with Crippen LogP contribution in [0.5, 0.6) is 5.75 Å². The third-order valence-corrected chi connectivity index (χ3v) is 3.37. The number of ether oxygens (including phenoxy) is 1. The molecule has 0 saturated heterocycles. The number of nitrogens with zero attached hydrogens (tertiary/aromatic N) is 1. The lowest BCUT2D eigenvalue weighted by molar-refractivity contribution is 0.0939. The molecule has 0 aliphatic rings. The Kier molecular flexibility index (Phi) is 4.16. The maximum absolute atomic E-state index is 11.9. The molecule has 0 saturated carbocycles. The summed E-state index contributed by atoms with van der Waals surface area (Å²) in [4.78, 5) is 16.2. The SMILES string of the molecule is COc1ccccc1-c1nc(C(=O)NC(C)C)cs1. The highest BCUT2D eigenvalue weighted by molar-refractivity contribution is 7.13. The first-order valence-electron chi connectivity index (χ1n) is 6.01. The molecule has 0 spiro atoms. The molecular formula is C14H16N2O2S. The van der Waals surface area contributed by atoms with Gasteiger partial charge in [-0.05, 0) is 26.0 Å². The lowest BCUT2D eigenvalue weighted by Crippen LogP contribution is -2.30. The van der Waals surface area contributed by atoms with E-state index in [4.69, 9.17) is 4.74 Å². The third-order valence-electron chi connectivity index (χ3n) is 2.49. The van der Waals surface area contributed by atoms with Crippen molar-refractivity contribution in [3.8, 4) is 16.3 Å². The molecule has 1 heterocycles. The summed E-state index contributed by atoms with van der Waals surface area (Å²) in [5.74, 6) is 0.611. The zero-order chi connectivity index (χ0) is 13.8. The van der Waals surface area contributed by atoms with E-state index in [1.165, 1.54) is 11.3 Å². The van der Waals surface area contributed by atoms with Crippen molar-refractivity contribution in [3.05, 3.63) is 35.3 Å². The van der Waals surface area contributed by atoms with Crippen LogP contribution in [0.15, 0.2) is 29.6 Å². The van der Waals surface area contributed by atoms with E-state index in [-0.39, 0.29) is 11.9 Å². The molecule has 4 nitrogen and oxygen atoms in total. The molecule has 0 aliphatic carbocycles. The van der Waals surface area contributed by atoms with Gasteiger partial charge in [-0.2, -0.15) is 0 Å². The van der Waals surface area contributed by atoms with E-state index >= 15 is 0 Å². The zero-order valence-electron chi connectivity index (χ0n) is 11.1. The van der Waals surface area contributed by atoms with Gasteiger partial charge in [0.2, 0.25) is 0 Å². The van der Waals surface area contributed by atoms with Gasteiger partial charge in [0.15, 0.2) is 0 Å². The number of hydrogen-bond donors (Lipinski definition) is 1. The molecular weight excluding hydrogens is 260 g/mol. The van der Waals surface area contributed by atoms with E-state index in [9.17, 15) is 4.79 Å². The fourth-order valence-corrected chi connectivity index (χ4v) is 2.49. The Balaban J connectivity index is 2.28. The van der Waals surface area contributed by atoms with E-state index < -0.39 is 0 Å². The quantitative estimate of drug-likeness (QED) is 0.934. The molecule has 19 heavy (non-hydrogen) atoms. The number of carbonyl (C=O) groups excluding carboxylic acids is 1. The highest BCUT2D eigenvalue weighted by Crippen LogP contribution is 2.31. The van der Waals surface area contributed by atoms with Crippen LogP contribution < -0.4 is 10.1 Å². The number of nitrogens with one attached hydrogen (secondary N) is 1. The molecule has 1 aromatic heterocycles. The maximum Gasteiger partial charge on any atom is 0.270 e. The standard InChI is InChI=1S/C14H16N2O2S/c1-9(2)15-13(17)11-8-19-14(16-11)10-6-4-5-7-12(10)18-3/h4-9H,1-3H3,(H,15,17). The number of rotatable bonds is 4. The monoisotopic (exact) mass is 276 g/mol. The number of benzene rings is 1. The van der Waals surface area contributed by atoms with Crippen molar-refractivity contribution in [1.29, 1.82) is 0 Å². The number of aromatic nitrogens is 1. The highest BCUT2D eigenvalue weighted by atomic mass is 32.1. The van der Waals surface area contributed by atoms with Gasteiger partial charge in [0, 0.05) is 11.4 Å². The van der Waals surface area contributed by atoms with Gasteiger partial charge in [-0.1, -0.05) is 12.1 Å². The Labute approximate surface area is 116 Å². The van der Waals surface area contributed by atoms with Gasteiger partial charge < -0.3 is 10.1 Å². The van der Waals surface area contributed by atoms with Crippen molar-refractivity contribution in [2.24, 2.45) is 0 Å². The first-order valence-corrected chi connectivity index (χ1v) is 6.89. The summed E-state index contributed by atoms with van der Waals surface area (Å²) in [6, 6.07) is 7.74. The van der Waals surface area contributed by atoms with Crippen molar-refractivity contribution in [2.75, 3.05) is 7.11 Å². The molecule has 1 N–H and O–H groups in total. The minimum Gasteiger partial charge on any atom is -0.496 e. The number of carbonyl (C=O) groups is 1. The van der Waals surface area contributed by atoms with Crippen LogP contribution in [-0.2, 0) is 0 Å². The second-order valence-corrected chi connectivity index (χ2v) is 5.22. The van der Waals surface area contributed by atoms with Gasteiger partial charge in [0.1, 0.15) is 16.5 Å². The van der Waals surface area contributed by atoms with Gasteiger partial charge in [-0.3, -0.25) is 4.79 Å². The van der Waals surface area contributed by atoms with E-state index in [1.54, 1.807) is 12.5 Å². The summed E-state index contributed by atoms with van der Waals surface area (Å²) < 4.78 is 5.30. The zero-order valence-corrected chi connectivity index (χ0v) is 12.0. The smallest absolute Gasteiger partial charge is 0.270 e. The number of amides is 1. The van der Waals surface area contributed by atoms with Gasteiger partial charge in [0.25, 0.3) is 5.91 Å². The Morgan fingerprint density at radius 3 is 2.79 bits per heavy atom. The Morgan fingerprint density at radius 2 is 2.11 bits per heavy atom. The topological polar surface area (TPSA) is 51.2 Å². The molecule has 2 aromatic rings. The summed E-state index contributed by atoms with van der Waals surface area (Å²) in [5, 5.41) is 5.37. The minimum atomic E-state index is -0.146. The number of thiazole rings is 1. The summed E-state index contributed by atoms with van der Waals surface area (Å²) in [6.07, 6.45) is 0. The summed E-state index contributed by atoms with van der Waals surface area (Å²) in [5.41, 5.74) is 1.35. The van der Waals surface area contributed by atoms with E-state index in [0.717, 1.165) is 16.3 Å². The molecule has 0 radical (unpaired) electrons. The Hall–Kier alpha value is -1.88. The van der Waals surface area contributed by atoms with Crippen LogP contribution in [0.25, 0.3) is 10.6 Å². The van der Waals surface area contributed by atoms with Gasteiger partial charge in [-0.25, -0.2) is 4.98 Å². The van der Waals surface area contributed by atoms with Crippen LogP contribution in [0.2, 0.25) is 0 Å². The van der Waals surface area contributed by atoms with Crippen LogP contribution in [0.1, 0.15) is 24.3 Å². The molecule has 0 fully saturated rings. The fourth-order valence-electron chi connectivity index (χ4n) is 1.66. The van der Waals surface area contributed by atoms with Crippen LogP contribution >= 0.6 is 11.3 Å². The summed E-state index contributed by atoms with van der Waals surface area (Å²) in [6.45, 7) is 3.84. The maximum atomic E-state index is 11.9. The molecule has 0 atom stereocenters. The summed E-state index contributed by atoms with van der Waals surface area (Å²) >= 11 is 1.44. The molecule has 5 heteroatoms. The van der Waals surface area contributed by atoms with E-state index in [0.29, 0.717) is 5.69 Å². The molecule has 2 rings (SSSR count). The fraction of sp³-hybridized carbons (Fsp3) is 0.286. The second-order valence-electron chi connectivity index (χ2n) is 4.37. The largest absolute Gasteiger partial charge is 0.496 e. The Bertz CT molecular complexity index is 578. The molecule has 0 aliphatic heterocycles. The van der Waals surface area contributed by atoms with E-state index in [2.05, 4.69) is 10.3 Å². The van der Waals surface area contributed by atoms with Gasteiger partial charge >= 0.3 is 0 Å². The summed E-state index contributed by atoms with van der Waals surface area (Å²) in [7, 11) is 1.62. The van der Waals surface area contributed by atoms with Crippen molar-refractivity contribution in [1.82, 2.24) is 10.3 Å². The highest BCUT2D eigenvalue weighted by Gasteiger charge is 2.14. The first kappa shape index (κ1) is 13.5. The van der Waals surface area contributed by atoms with Crippen LogP contribution in [0.3, 0.4) is 0 Å². The van der Waals surface area contributed by atoms with Gasteiger partial charge in [-0.15, -0.1) is 11.3 Å². The second kappa shape index (κ2) is 5.84. The number of methoxy groups -OCH3 is 1.